The molecule has 4 rings (SSSR count). The van der Waals surface area contributed by atoms with Crippen LogP contribution in [0.1, 0.15) is 35.3 Å². The Bertz CT molecular complexity index is 1450. The first-order valence-corrected chi connectivity index (χ1v) is 12.8. The number of hydrogen-bond acceptors (Lipinski definition) is 6. The molecule has 0 aliphatic carbocycles. The molecule has 2 aromatic carbocycles. The van der Waals surface area contributed by atoms with E-state index in [1.165, 1.54) is 18.0 Å². The summed E-state index contributed by atoms with van der Waals surface area (Å²) in [6, 6.07) is 19.1. The van der Waals surface area contributed by atoms with Crippen LogP contribution >= 0.6 is 11.8 Å². The number of nitrogens with zero attached hydrogens (tertiary/aromatic N) is 1. The van der Waals surface area contributed by atoms with E-state index in [9.17, 15) is 14.9 Å². The molecule has 3 aromatic rings. The Morgan fingerprint density at radius 2 is 1.81 bits per heavy atom. The van der Waals surface area contributed by atoms with Crippen molar-refractivity contribution in [3.63, 3.8) is 0 Å². The molecule has 1 aromatic heterocycles. The van der Waals surface area contributed by atoms with Gasteiger partial charge in [-0.3, -0.25) is 9.59 Å². The number of allylic oxidation sites excluding steroid dienone is 2. The molecular formula is C29H28N4O3S. The van der Waals surface area contributed by atoms with E-state index in [0.29, 0.717) is 33.3 Å². The largest absolute Gasteiger partial charge is 0.468 e. The highest BCUT2D eigenvalue weighted by Crippen LogP contribution is 2.41. The van der Waals surface area contributed by atoms with Crippen molar-refractivity contribution in [3.05, 3.63) is 105 Å². The quantitative estimate of drug-likeness (QED) is 0.363. The van der Waals surface area contributed by atoms with Crippen LogP contribution < -0.4 is 16.0 Å². The molecule has 37 heavy (non-hydrogen) atoms. The third-order valence-electron chi connectivity index (χ3n) is 6.01. The minimum atomic E-state index is -0.712. The highest BCUT2D eigenvalue weighted by molar-refractivity contribution is 8.03. The number of benzene rings is 2. The van der Waals surface area contributed by atoms with E-state index >= 15 is 0 Å². The first-order chi connectivity index (χ1) is 17.8. The molecule has 2 amide bonds. The van der Waals surface area contributed by atoms with Gasteiger partial charge in [0.1, 0.15) is 5.76 Å². The average Bonchev–Trinajstić information content (AvgIpc) is 3.39. The molecule has 0 saturated heterocycles. The lowest BCUT2D eigenvalue weighted by atomic mass is 9.85. The normalized spacial score (nSPS) is 15.2. The summed E-state index contributed by atoms with van der Waals surface area (Å²) < 4.78 is 5.66. The van der Waals surface area contributed by atoms with Crippen molar-refractivity contribution in [3.8, 4) is 6.07 Å². The van der Waals surface area contributed by atoms with Crippen LogP contribution in [0.15, 0.2) is 87.1 Å². The average molecular weight is 513 g/mol. The predicted octanol–water partition coefficient (Wildman–Crippen LogP) is 5.91. The van der Waals surface area contributed by atoms with Crippen LogP contribution in [0.25, 0.3) is 0 Å². The third kappa shape index (κ3) is 5.96. The fourth-order valence-electron chi connectivity index (χ4n) is 4.18. The number of rotatable bonds is 7. The van der Waals surface area contributed by atoms with E-state index in [0.717, 1.165) is 22.4 Å². The van der Waals surface area contributed by atoms with Gasteiger partial charge in [0.2, 0.25) is 5.91 Å². The number of carbonyl (C=O) groups excluding carboxylic acids is 2. The van der Waals surface area contributed by atoms with Gasteiger partial charge in [0.05, 0.1) is 40.2 Å². The van der Waals surface area contributed by atoms with Crippen LogP contribution in [0.2, 0.25) is 0 Å². The van der Waals surface area contributed by atoms with E-state index < -0.39 is 5.92 Å². The van der Waals surface area contributed by atoms with Crippen molar-refractivity contribution in [2.75, 3.05) is 16.4 Å². The Labute approximate surface area is 220 Å². The SMILES string of the molecule is CC1=C(C(=O)Nc2cccc(C)c2)C(c2ccco2)C(C#N)=C(SCC(=O)Nc2cc(C)ccc2C)N1. The maximum Gasteiger partial charge on any atom is 0.254 e. The number of nitrogens with one attached hydrogen (secondary N) is 3. The van der Waals surface area contributed by atoms with Crippen LogP contribution in [-0.2, 0) is 9.59 Å². The number of amides is 2. The molecule has 1 atom stereocenters. The number of dihydropyridines is 1. The number of aryl methyl sites for hydroxylation is 3. The predicted molar refractivity (Wildman–Crippen MR) is 147 cm³/mol. The molecule has 1 unspecified atom stereocenters. The van der Waals surface area contributed by atoms with Crippen LogP contribution in [0, 0.1) is 32.1 Å². The fourth-order valence-corrected chi connectivity index (χ4v) is 5.08. The summed E-state index contributed by atoms with van der Waals surface area (Å²) in [5.74, 6) is -0.671. The molecule has 0 radical (unpaired) electrons. The molecule has 0 bridgehead atoms. The molecule has 0 saturated carbocycles. The molecule has 8 heteroatoms. The minimum absolute atomic E-state index is 0.0872. The zero-order valence-electron chi connectivity index (χ0n) is 21.1. The Morgan fingerprint density at radius 3 is 2.51 bits per heavy atom. The standard InChI is InChI=1S/C29H28N4O3S/c1-17-7-5-8-21(13-17)32-28(35)26-20(4)31-29(22(15-30)27(26)24-9-6-12-36-24)37-16-25(34)33-23-14-18(2)10-11-19(23)3/h5-14,27,31H,16H2,1-4H3,(H,32,35)(H,33,34). The van der Waals surface area contributed by atoms with Gasteiger partial charge in [-0.1, -0.05) is 36.0 Å². The van der Waals surface area contributed by atoms with E-state index in [1.807, 2.05) is 63.2 Å². The number of hydrogen-bond donors (Lipinski definition) is 3. The number of carbonyl (C=O) groups is 2. The minimum Gasteiger partial charge on any atom is -0.468 e. The van der Waals surface area contributed by atoms with E-state index in [-0.39, 0.29) is 17.6 Å². The summed E-state index contributed by atoms with van der Waals surface area (Å²) >= 11 is 1.22. The van der Waals surface area contributed by atoms with Crippen molar-refractivity contribution >= 4 is 35.0 Å². The molecule has 1 aliphatic rings. The van der Waals surface area contributed by atoms with E-state index in [1.54, 1.807) is 19.1 Å². The van der Waals surface area contributed by atoms with Gasteiger partial charge >= 0.3 is 0 Å². The van der Waals surface area contributed by atoms with Gasteiger partial charge in [0, 0.05) is 17.1 Å². The smallest absolute Gasteiger partial charge is 0.254 e. The van der Waals surface area contributed by atoms with Crippen molar-refractivity contribution < 1.29 is 14.0 Å². The van der Waals surface area contributed by atoms with Gasteiger partial charge in [-0.05, 0) is 74.7 Å². The van der Waals surface area contributed by atoms with Crippen molar-refractivity contribution in [1.29, 1.82) is 5.26 Å². The second-order valence-corrected chi connectivity index (χ2v) is 9.93. The molecule has 3 N–H and O–H groups in total. The van der Waals surface area contributed by atoms with E-state index in [4.69, 9.17) is 4.42 Å². The van der Waals surface area contributed by atoms with Crippen LogP contribution in [-0.4, -0.2) is 17.6 Å². The molecule has 0 fully saturated rings. The molecule has 1 aliphatic heterocycles. The summed E-state index contributed by atoms with van der Waals surface area (Å²) in [7, 11) is 0. The van der Waals surface area contributed by atoms with Gasteiger partial charge in [0.25, 0.3) is 5.91 Å². The van der Waals surface area contributed by atoms with Gasteiger partial charge in [-0.2, -0.15) is 5.26 Å². The summed E-state index contributed by atoms with van der Waals surface area (Å²) in [4.78, 5) is 26.2. The first-order valence-electron chi connectivity index (χ1n) is 11.8. The van der Waals surface area contributed by atoms with Crippen molar-refractivity contribution in [2.24, 2.45) is 0 Å². The summed E-state index contributed by atoms with van der Waals surface area (Å²) in [6.45, 7) is 7.64. The lowest BCUT2D eigenvalue weighted by Gasteiger charge is -2.28. The Hall–Kier alpha value is -4.22. The molecule has 0 spiro atoms. The highest BCUT2D eigenvalue weighted by Gasteiger charge is 2.36. The number of anilines is 2. The van der Waals surface area contributed by atoms with Crippen LogP contribution in [0.5, 0.6) is 0 Å². The van der Waals surface area contributed by atoms with Gasteiger partial charge in [-0.25, -0.2) is 0 Å². The Kier molecular flexibility index (Phi) is 7.85. The van der Waals surface area contributed by atoms with Crippen LogP contribution in [0.4, 0.5) is 11.4 Å². The zero-order chi connectivity index (χ0) is 26.5. The van der Waals surface area contributed by atoms with Crippen molar-refractivity contribution in [2.45, 2.75) is 33.6 Å². The van der Waals surface area contributed by atoms with Crippen LogP contribution in [0.3, 0.4) is 0 Å². The molecular weight excluding hydrogens is 484 g/mol. The Balaban J connectivity index is 1.58. The number of furan rings is 1. The topological polar surface area (TPSA) is 107 Å². The fraction of sp³-hybridized carbons (Fsp3) is 0.207. The monoisotopic (exact) mass is 512 g/mol. The molecule has 7 nitrogen and oxygen atoms in total. The lowest BCUT2D eigenvalue weighted by Crippen LogP contribution is -2.31. The third-order valence-corrected chi connectivity index (χ3v) is 7.03. The first kappa shape index (κ1) is 25.9. The Morgan fingerprint density at radius 1 is 1.03 bits per heavy atom. The maximum absolute atomic E-state index is 13.4. The molecule has 188 valence electrons. The van der Waals surface area contributed by atoms with Gasteiger partial charge in [-0.15, -0.1) is 0 Å². The highest BCUT2D eigenvalue weighted by atomic mass is 32.2. The van der Waals surface area contributed by atoms with Gasteiger partial charge < -0.3 is 20.4 Å². The van der Waals surface area contributed by atoms with Gasteiger partial charge in [0.15, 0.2) is 0 Å². The summed E-state index contributed by atoms with van der Waals surface area (Å²) in [5.41, 5.74) is 5.75. The number of nitriles is 1. The second-order valence-electron chi connectivity index (χ2n) is 8.95. The maximum atomic E-state index is 13.4. The zero-order valence-corrected chi connectivity index (χ0v) is 22.0. The summed E-state index contributed by atoms with van der Waals surface area (Å²) in [5, 5.41) is 19.7. The number of thioether (sulfide) groups is 1. The van der Waals surface area contributed by atoms with E-state index in [2.05, 4.69) is 22.0 Å². The molecule has 2 heterocycles. The second kappa shape index (κ2) is 11.2. The van der Waals surface area contributed by atoms with Crippen molar-refractivity contribution in [1.82, 2.24) is 5.32 Å². The lowest BCUT2D eigenvalue weighted by molar-refractivity contribution is -0.114. The summed E-state index contributed by atoms with van der Waals surface area (Å²) in [6.07, 6.45) is 1.52.